The van der Waals surface area contributed by atoms with E-state index < -0.39 is 5.54 Å². The summed E-state index contributed by atoms with van der Waals surface area (Å²) < 4.78 is 2.30. The van der Waals surface area contributed by atoms with Gasteiger partial charge < -0.3 is 15.6 Å². The van der Waals surface area contributed by atoms with Gasteiger partial charge in [0.1, 0.15) is 5.82 Å². The number of nitrogens with two attached hydrogens (primary N) is 1. The Kier molecular flexibility index (Phi) is 4.18. The Hall–Kier alpha value is -1.36. The van der Waals surface area contributed by atoms with Crippen LogP contribution in [0, 0.1) is 6.92 Å². The summed E-state index contributed by atoms with van der Waals surface area (Å²) in [6.07, 6.45) is 5.29. The highest BCUT2D eigenvalue weighted by atomic mass is 16.1. The molecule has 1 aliphatic rings. The summed E-state index contributed by atoms with van der Waals surface area (Å²) in [5.74, 6) is 0.741. The minimum atomic E-state index is -0.683. The van der Waals surface area contributed by atoms with Crippen LogP contribution in [0.1, 0.15) is 56.4 Å². The molecule has 2 atom stereocenters. The summed E-state index contributed by atoms with van der Waals surface area (Å²) in [4.78, 5) is 16.4. The fourth-order valence-electron chi connectivity index (χ4n) is 3.29. The molecule has 0 saturated heterocycles. The number of aryl methyl sites for hydroxylation is 2. The van der Waals surface area contributed by atoms with Crippen molar-refractivity contribution in [2.45, 2.75) is 64.5 Å². The van der Waals surface area contributed by atoms with Gasteiger partial charge in [-0.1, -0.05) is 0 Å². The van der Waals surface area contributed by atoms with Gasteiger partial charge in [-0.3, -0.25) is 4.79 Å². The Morgan fingerprint density at radius 1 is 1.50 bits per heavy atom. The van der Waals surface area contributed by atoms with Gasteiger partial charge in [-0.15, -0.1) is 0 Å². The number of carbonyl (C=O) groups is 1. The Morgan fingerprint density at radius 3 is 2.75 bits per heavy atom. The average molecular weight is 278 g/mol. The lowest BCUT2D eigenvalue weighted by Gasteiger charge is -2.31. The van der Waals surface area contributed by atoms with Crippen molar-refractivity contribution in [2.75, 3.05) is 7.05 Å². The SMILES string of the molecule is CNC(C)(CC(C)n1c(C)nc2c1CCCC2)C(N)=O. The summed E-state index contributed by atoms with van der Waals surface area (Å²) in [6.45, 7) is 6.06. The quantitative estimate of drug-likeness (QED) is 0.857. The van der Waals surface area contributed by atoms with E-state index in [2.05, 4.69) is 23.7 Å². The molecule has 112 valence electrons. The van der Waals surface area contributed by atoms with Gasteiger partial charge in [0.2, 0.25) is 5.91 Å². The molecule has 5 nitrogen and oxygen atoms in total. The van der Waals surface area contributed by atoms with E-state index >= 15 is 0 Å². The molecule has 1 amide bonds. The van der Waals surface area contributed by atoms with E-state index in [1.54, 1.807) is 7.05 Å². The third-order valence-electron chi connectivity index (χ3n) is 4.59. The molecule has 2 rings (SSSR count). The molecular formula is C15H26N4O. The molecule has 2 unspecified atom stereocenters. The first-order valence-corrected chi connectivity index (χ1v) is 7.44. The largest absolute Gasteiger partial charge is 0.368 e. The molecular weight excluding hydrogens is 252 g/mol. The number of carbonyl (C=O) groups excluding carboxylic acids is 1. The van der Waals surface area contributed by atoms with Crippen LogP contribution in [0.15, 0.2) is 0 Å². The number of nitrogens with one attached hydrogen (secondary N) is 1. The number of nitrogens with zero attached hydrogens (tertiary/aromatic N) is 2. The second-order valence-corrected chi connectivity index (χ2v) is 6.13. The van der Waals surface area contributed by atoms with Gasteiger partial charge in [0, 0.05) is 11.7 Å². The number of rotatable bonds is 5. The van der Waals surface area contributed by atoms with E-state index in [0.29, 0.717) is 6.42 Å². The molecule has 1 aromatic heterocycles. The molecule has 0 radical (unpaired) electrons. The lowest BCUT2D eigenvalue weighted by Crippen LogP contribution is -2.52. The highest BCUT2D eigenvalue weighted by Crippen LogP contribution is 2.29. The maximum atomic E-state index is 11.7. The Balaban J connectivity index is 2.27. The number of imidazole rings is 1. The molecule has 1 aliphatic carbocycles. The predicted octanol–water partition coefficient (Wildman–Crippen LogP) is 1.48. The zero-order valence-electron chi connectivity index (χ0n) is 13.0. The zero-order valence-corrected chi connectivity index (χ0v) is 13.0. The third kappa shape index (κ3) is 2.59. The molecule has 0 spiro atoms. The number of fused-ring (bicyclic) bond motifs is 1. The van der Waals surface area contributed by atoms with Crippen molar-refractivity contribution in [3.63, 3.8) is 0 Å². The van der Waals surface area contributed by atoms with Gasteiger partial charge >= 0.3 is 0 Å². The van der Waals surface area contributed by atoms with Crippen molar-refractivity contribution < 1.29 is 4.79 Å². The van der Waals surface area contributed by atoms with Crippen LogP contribution in [0.2, 0.25) is 0 Å². The average Bonchev–Trinajstić information content (AvgIpc) is 2.74. The van der Waals surface area contributed by atoms with Gasteiger partial charge in [0.25, 0.3) is 0 Å². The van der Waals surface area contributed by atoms with Crippen molar-refractivity contribution >= 4 is 5.91 Å². The molecule has 0 bridgehead atoms. The molecule has 1 heterocycles. The first-order chi connectivity index (χ1) is 9.39. The number of aromatic nitrogens is 2. The lowest BCUT2D eigenvalue weighted by atomic mass is 9.92. The first-order valence-electron chi connectivity index (χ1n) is 7.44. The number of hydrogen-bond donors (Lipinski definition) is 2. The van der Waals surface area contributed by atoms with Crippen molar-refractivity contribution in [1.29, 1.82) is 0 Å². The van der Waals surface area contributed by atoms with E-state index in [9.17, 15) is 4.79 Å². The molecule has 0 saturated carbocycles. The molecule has 5 heteroatoms. The van der Waals surface area contributed by atoms with E-state index in [1.165, 1.54) is 24.2 Å². The van der Waals surface area contributed by atoms with Crippen LogP contribution in [0.25, 0.3) is 0 Å². The number of primary amides is 1. The molecule has 0 fully saturated rings. The second kappa shape index (κ2) is 5.56. The highest BCUT2D eigenvalue weighted by molar-refractivity contribution is 5.84. The van der Waals surface area contributed by atoms with E-state index in [-0.39, 0.29) is 11.9 Å². The normalized spacial score (nSPS) is 19.2. The maximum Gasteiger partial charge on any atom is 0.237 e. The highest BCUT2D eigenvalue weighted by Gasteiger charge is 2.33. The molecule has 1 aromatic rings. The zero-order chi connectivity index (χ0) is 14.9. The summed E-state index contributed by atoms with van der Waals surface area (Å²) in [7, 11) is 1.79. The van der Waals surface area contributed by atoms with Gasteiger partial charge in [-0.25, -0.2) is 4.98 Å². The van der Waals surface area contributed by atoms with Crippen molar-refractivity contribution in [2.24, 2.45) is 5.73 Å². The second-order valence-electron chi connectivity index (χ2n) is 6.13. The number of hydrogen-bond acceptors (Lipinski definition) is 3. The van der Waals surface area contributed by atoms with Crippen LogP contribution in [-0.4, -0.2) is 28.0 Å². The number of amides is 1. The molecule has 20 heavy (non-hydrogen) atoms. The topological polar surface area (TPSA) is 72.9 Å². The maximum absolute atomic E-state index is 11.7. The lowest BCUT2D eigenvalue weighted by molar-refractivity contribution is -0.124. The van der Waals surface area contributed by atoms with Crippen molar-refractivity contribution in [3.05, 3.63) is 17.2 Å². The number of likely N-dealkylation sites (N-methyl/N-ethyl adjacent to an activating group) is 1. The van der Waals surface area contributed by atoms with Crippen LogP contribution in [-0.2, 0) is 17.6 Å². The Bertz CT molecular complexity index is 508. The molecule has 0 aliphatic heterocycles. The smallest absolute Gasteiger partial charge is 0.237 e. The monoisotopic (exact) mass is 278 g/mol. The van der Waals surface area contributed by atoms with Crippen LogP contribution in [0.4, 0.5) is 0 Å². The van der Waals surface area contributed by atoms with Crippen LogP contribution in [0.3, 0.4) is 0 Å². The molecule has 3 N–H and O–H groups in total. The minimum Gasteiger partial charge on any atom is -0.368 e. The van der Waals surface area contributed by atoms with Crippen LogP contribution >= 0.6 is 0 Å². The summed E-state index contributed by atoms with van der Waals surface area (Å²) in [5.41, 5.74) is 7.44. The Morgan fingerprint density at radius 2 is 2.15 bits per heavy atom. The van der Waals surface area contributed by atoms with Gasteiger partial charge in [0.15, 0.2) is 0 Å². The summed E-state index contributed by atoms with van der Waals surface area (Å²) >= 11 is 0. The summed E-state index contributed by atoms with van der Waals surface area (Å²) in [6, 6.07) is 0.203. The third-order valence-corrected chi connectivity index (χ3v) is 4.59. The first kappa shape index (κ1) is 15.0. The van der Waals surface area contributed by atoms with Gasteiger partial charge in [-0.05, 0) is 59.9 Å². The van der Waals surface area contributed by atoms with Gasteiger partial charge in [0.05, 0.1) is 11.2 Å². The molecule has 0 aromatic carbocycles. The van der Waals surface area contributed by atoms with Crippen LogP contribution in [0.5, 0.6) is 0 Å². The van der Waals surface area contributed by atoms with E-state index in [4.69, 9.17) is 10.7 Å². The minimum absolute atomic E-state index is 0.203. The van der Waals surface area contributed by atoms with Crippen molar-refractivity contribution in [1.82, 2.24) is 14.9 Å². The summed E-state index contributed by atoms with van der Waals surface area (Å²) in [5, 5.41) is 3.06. The van der Waals surface area contributed by atoms with Crippen molar-refractivity contribution in [3.8, 4) is 0 Å². The van der Waals surface area contributed by atoms with Gasteiger partial charge in [-0.2, -0.15) is 0 Å². The fourth-order valence-corrected chi connectivity index (χ4v) is 3.29. The standard InChI is InChI=1S/C15H26N4O/c1-10(9-15(3,17-4)14(16)20)19-11(2)18-12-7-5-6-8-13(12)19/h10,17H,5-9H2,1-4H3,(H2,16,20). The predicted molar refractivity (Wildman–Crippen MR) is 79.6 cm³/mol. The van der Waals surface area contributed by atoms with Crippen LogP contribution < -0.4 is 11.1 Å². The van der Waals surface area contributed by atoms with E-state index in [1.807, 2.05) is 6.92 Å². The fraction of sp³-hybridized carbons (Fsp3) is 0.733. The van der Waals surface area contributed by atoms with E-state index in [0.717, 1.165) is 18.7 Å². The Labute approximate surface area is 120 Å².